The van der Waals surface area contributed by atoms with Crippen molar-refractivity contribution < 1.29 is 18.3 Å². The zero-order valence-electron chi connectivity index (χ0n) is 11.7. The summed E-state index contributed by atoms with van der Waals surface area (Å²) in [6.45, 7) is 2.05. The van der Waals surface area contributed by atoms with Gasteiger partial charge in [0.2, 0.25) is 5.13 Å². The molecule has 0 spiro atoms. The number of ether oxygens (including phenoxy) is 1. The van der Waals surface area contributed by atoms with Crippen LogP contribution in [0.3, 0.4) is 0 Å². The van der Waals surface area contributed by atoms with Gasteiger partial charge < -0.3 is 4.74 Å². The van der Waals surface area contributed by atoms with Gasteiger partial charge >= 0.3 is 5.97 Å². The molecule has 22 heavy (non-hydrogen) atoms. The lowest BCUT2D eigenvalue weighted by molar-refractivity contribution is -0.142. The molecule has 0 fully saturated rings. The number of esters is 1. The van der Waals surface area contributed by atoms with Crippen molar-refractivity contribution in [1.29, 1.82) is 0 Å². The zero-order chi connectivity index (χ0) is 15.9. The second kappa shape index (κ2) is 7.60. The van der Waals surface area contributed by atoms with E-state index in [0.29, 0.717) is 17.4 Å². The van der Waals surface area contributed by atoms with Gasteiger partial charge in [-0.05, 0) is 19.1 Å². The van der Waals surface area contributed by atoms with E-state index < -0.39 is 11.6 Å². The summed E-state index contributed by atoms with van der Waals surface area (Å²) in [5, 5.41) is 6.02. The number of carbonyl (C=O) groups excluding carboxylic acids is 1. The van der Waals surface area contributed by atoms with Gasteiger partial charge in [0, 0.05) is 17.0 Å². The smallest absolute Gasteiger partial charge is 0.311 e. The first-order chi connectivity index (χ1) is 10.6. The number of nitrogens with one attached hydrogen (secondary N) is 1. The average molecular weight is 325 g/mol. The molecule has 0 atom stereocenters. The van der Waals surface area contributed by atoms with E-state index in [2.05, 4.69) is 15.5 Å². The fraction of sp³-hybridized carbons (Fsp3) is 0.214. The van der Waals surface area contributed by atoms with Crippen LogP contribution in [0.25, 0.3) is 0 Å². The summed E-state index contributed by atoms with van der Waals surface area (Å²) in [6, 6.07) is 3.10. The van der Waals surface area contributed by atoms with Gasteiger partial charge in [-0.25, -0.2) is 13.8 Å². The van der Waals surface area contributed by atoms with Crippen LogP contribution in [-0.4, -0.2) is 23.8 Å². The van der Waals surface area contributed by atoms with Gasteiger partial charge in [-0.3, -0.25) is 10.2 Å². The van der Waals surface area contributed by atoms with Gasteiger partial charge in [-0.15, -0.1) is 11.3 Å². The lowest BCUT2D eigenvalue weighted by Gasteiger charge is -1.98. The molecule has 1 aromatic heterocycles. The third kappa shape index (κ3) is 4.88. The number of thiazole rings is 1. The van der Waals surface area contributed by atoms with Crippen molar-refractivity contribution >= 4 is 28.7 Å². The average Bonchev–Trinajstić information content (AvgIpc) is 2.85. The van der Waals surface area contributed by atoms with Crippen LogP contribution in [0.4, 0.5) is 13.9 Å². The summed E-state index contributed by atoms with van der Waals surface area (Å²) in [6.07, 6.45) is 1.36. The Morgan fingerprint density at radius 2 is 2.14 bits per heavy atom. The second-order valence-electron chi connectivity index (χ2n) is 4.20. The predicted molar refractivity (Wildman–Crippen MR) is 80.0 cm³/mol. The van der Waals surface area contributed by atoms with Crippen LogP contribution in [0.15, 0.2) is 28.7 Å². The third-order valence-electron chi connectivity index (χ3n) is 2.44. The Hall–Kier alpha value is -2.35. The van der Waals surface area contributed by atoms with E-state index in [4.69, 9.17) is 4.74 Å². The maximum absolute atomic E-state index is 13.0. The Balaban J connectivity index is 1.93. The van der Waals surface area contributed by atoms with Gasteiger partial charge in [-0.1, -0.05) is 0 Å². The maximum atomic E-state index is 13.0. The van der Waals surface area contributed by atoms with Gasteiger partial charge in [0.25, 0.3) is 0 Å². The summed E-state index contributed by atoms with van der Waals surface area (Å²) in [4.78, 5) is 15.4. The van der Waals surface area contributed by atoms with Crippen LogP contribution in [0.5, 0.6) is 0 Å². The highest BCUT2D eigenvalue weighted by molar-refractivity contribution is 7.13. The standard InChI is InChI=1S/C14H13F2N3O2S/c1-2-21-13(20)6-12-8-22-14(18-12)19-17-7-9-3-10(15)5-11(16)4-9/h3-5,7-8H,2,6H2,1H3,(H,18,19). The molecule has 1 aromatic carbocycles. The van der Waals surface area contributed by atoms with E-state index in [-0.39, 0.29) is 18.0 Å². The van der Waals surface area contributed by atoms with Gasteiger partial charge in [0.05, 0.1) is 24.9 Å². The van der Waals surface area contributed by atoms with Crippen molar-refractivity contribution in [3.63, 3.8) is 0 Å². The molecule has 0 amide bonds. The summed E-state index contributed by atoms with van der Waals surface area (Å²) >= 11 is 1.26. The first kappa shape index (κ1) is 16.0. The molecule has 0 saturated carbocycles. The van der Waals surface area contributed by atoms with E-state index in [1.165, 1.54) is 17.6 Å². The lowest BCUT2D eigenvalue weighted by Crippen LogP contribution is -2.07. The first-order valence-electron chi connectivity index (χ1n) is 6.42. The van der Waals surface area contributed by atoms with Crippen molar-refractivity contribution in [2.45, 2.75) is 13.3 Å². The minimum Gasteiger partial charge on any atom is -0.466 e. The highest BCUT2D eigenvalue weighted by Crippen LogP contribution is 2.16. The molecular formula is C14H13F2N3O2S. The molecule has 2 aromatic rings. The third-order valence-corrected chi connectivity index (χ3v) is 3.24. The van der Waals surface area contributed by atoms with E-state index in [0.717, 1.165) is 18.2 Å². The van der Waals surface area contributed by atoms with Crippen molar-refractivity contribution in [2.75, 3.05) is 12.0 Å². The Labute approximate surface area is 129 Å². The molecule has 0 aliphatic heterocycles. The topological polar surface area (TPSA) is 63.6 Å². The number of benzene rings is 1. The van der Waals surface area contributed by atoms with Crippen LogP contribution in [0, 0.1) is 11.6 Å². The van der Waals surface area contributed by atoms with E-state index in [1.54, 1.807) is 12.3 Å². The summed E-state index contributed by atoms with van der Waals surface area (Å²) in [5.41, 5.74) is 3.49. The lowest BCUT2D eigenvalue weighted by atomic mass is 10.2. The van der Waals surface area contributed by atoms with Crippen LogP contribution in [-0.2, 0) is 16.0 Å². The monoisotopic (exact) mass is 325 g/mol. The van der Waals surface area contributed by atoms with Gasteiger partial charge in [-0.2, -0.15) is 5.10 Å². The quantitative estimate of drug-likeness (QED) is 0.504. The number of hydrazone groups is 1. The Morgan fingerprint density at radius 1 is 1.41 bits per heavy atom. The number of rotatable bonds is 6. The number of hydrogen-bond acceptors (Lipinski definition) is 6. The summed E-state index contributed by atoms with van der Waals surface area (Å²) in [5.74, 6) is -1.70. The van der Waals surface area contributed by atoms with Crippen LogP contribution in [0.1, 0.15) is 18.2 Å². The van der Waals surface area contributed by atoms with Crippen LogP contribution >= 0.6 is 11.3 Å². The second-order valence-corrected chi connectivity index (χ2v) is 5.06. The fourth-order valence-corrected chi connectivity index (χ4v) is 2.27. The summed E-state index contributed by atoms with van der Waals surface area (Å²) < 4.78 is 30.8. The Kier molecular flexibility index (Phi) is 5.54. The number of halogens is 2. The Bertz CT molecular complexity index is 668. The van der Waals surface area contributed by atoms with Crippen molar-refractivity contribution in [3.05, 3.63) is 46.5 Å². The van der Waals surface area contributed by atoms with E-state index in [1.807, 2.05) is 0 Å². The highest BCUT2D eigenvalue weighted by atomic mass is 32.1. The molecule has 2 rings (SSSR count). The van der Waals surface area contributed by atoms with Crippen molar-refractivity contribution in [2.24, 2.45) is 5.10 Å². The van der Waals surface area contributed by atoms with Crippen molar-refractivity contribution in [1.82, 2.24) is 4.98 Å². The highest BCUT2D eigenvalue weighted by Gasteiger charge is 2.07. The number of carbonyl (C=O) groups is 1. The van der Waals surface area contributed by atoms with Gasteiger partial charge in [0.1, 0.15) is 11.6 Å². The molecule has 1 N–H and O–H groups in total. The number of anilines is 1. The molecule has 0 saturated heterocycles. The molecule has 0 aliphatic rings. The van der Waals surface area contributed by atoms with E-state index >= 15 is 0 Å². The van der Waals surface area contributed by atoms with E-state index in [9.17, 15) is 13.6 Å². The molecule has 0 aliphatic carbocycles. The first-order valence-corrected chi connectivity index (χ1v) is 7.30. The molecule has 8 heteroatoms. The SMILES string of the molecule is CCOC(=O)Cc1csc(NN=Cc2cc(F)cc(F)c2)n1. The largest absolute Gasteiger partial charge is 0.466 e. The fourth-order valence-electron chi connectivity index (χ4n) is 1.61. The predicted octanol–water partition coefficient (Wildman–Crippen LogP) is 2.97. The molecule has 1 heterocycles. The normalized spacial score (nSPS) is 10.9. The molecule has 0 unspecified atom stereocenters. The summed E-state index contributed by atoms with van der Waals surface area (Å²) in [7, 11) is 0. The number of nitrogens with zero attached hydrogens (tertiary/aromatic N) is 2. The molecule has 5 nitrogen and oxygen atoms in total. The minimum atomic E-state index is -0.674. The Morgan fingerprint density at radius 3 is 2.82 bits per heavy atom. The molecular weight excluding hydrogens is 312 g/mol. The maximum Gasteiger partial charge on any atom is 0.311 e. The molecule has 0 radical (unpaired) electrons. The minimum absolute atomic E-state index is 0.0881. The molecule has 0 bridgehead atoms. The van der Waals surface area contributed by atoms with Crippen molar-refractivity contribution in [3.8, 4) is 0 Å². The van der Waals surface area contributed by atoms with Gasteiger partial charge in [0.15, 0.2) is 0 Å². The molecule has 116 valence electrons. The van der Waals surface area contributed by atoms with Crippen LogP contribution in [0.2, 0.25) is 0 Å². The number of hydrogen-bond donors (Lipinski definition) is 1. The van der Waals surface area contributed by atoms with Crippen LogP contribution < -0.4 is 5.43 Å². The number of aromatic nitrogens is 1. The zero-order valence-corrected chi connectivity index (χ0v) is 12.5.